The second-order valence-corrected chi connectivity index (χ2v) is 7.99. The highest BCUT2D eigenvalue weighted by Crippen LogP contribution is 2.22. The summed E-state index contributed by atoms with van der Waals surface area (Å²) in [6, 6.07) is 15.2. The number of hydrogen-bond acceptors (Lipinski definition) is 6. The summed E-state index contributed by atoms with van der Waals surface area (Å²) in [6.45, 7) is 1.49. The van der Waals surface area contributed by atoms with E-state index < -0.39 is 9.84 Å². The van der Waals surface area contributed by atoms with Gasteiger partial charge >= 0.3 is 0 Å². The molecule has 0 fully saturated rings. The van der Waals surface area contributed by atoms with E-state index in [-0.39, 0.29) is 10.7 Å². The van der Waals surface area contributed by atoms with Gasteiger partial charge in [0, 0.05) is 17.5 Å². The maximum Gasteiger partial charge on any atom is 0.175 e. The van der Waals surface area contributed by atoms with Gasteiger partial charge in [0.2, 0.25) is 0 Å². The predicted octanol–water partition coefficient (Wildman–Crippen LogP) is 3.09. The largest absolute Gasteiger partial charge is 0.338 e. The molecule has 136 valence electrons. The van der Waals surface area contributed by atoms with Crippen molar-refractivity contribution in [2.75, 3.05) is 11.6 Å². The summed E-state index contributed by atoms with van der Waals surface area (Å²) in [4.78, 5) is 11.6. The number of nitrogens with zero attached hydrogens (tertiary/aromatic N) is 3. The number of sulfone groups is 1. The van der Waals surface area contributed by atoms with E-state index in [1.807, 2.05) is 0 Å². The Kier molecular flexibility index (Phi) is 4.79. The highest BCUT2D eigenvalue weighted by Gasteiger charge is 2.12. The topological polar surface area (TPSA) is 105 Å². The van der Waals surface area contributed by atoms with Crippen molar-refractivity contribution in [3.05, 3.63) is 65.9 Å². The van der Waals surface area contributed by atoms with Gasteiger partial charge in [-0.25, -0.2) is 13.1 Å². The molecule has 0 unspecified atom stereocenters. The lowest BCUT2D eigenvalue weighted by Gasteiger charge is -2.05. The van der Waals surface area contributed by atoms with Crippen LogP contribution in [0.3, 0.4) is 0 Å². The minimum Gasteiger partial charge on any atom is -0.338 e. The van der Waals surface area contributed by atoms with Gasteiger partial charge in [0.1, 0.15) is 11.6 Å². The first-order valence-corrected chi connectivity index (χ1v) is 9.85. The van der Waals surface area contributed by atoms with Crippen LogP contribution >= 0.6 is 0 Å². The van der Waals surface area contributed by atoms with E-state index in [9.17, 15) is 18.5 Å². The molecule has 0 bridgehead atoms. The van der Waals surface area contributed by atoms with Crippen LogP contribution in [0.15, 0.2) is 59.6 Å². The molecule has 0 saturated carbocycles. The molecule has 0 atom stereocenters. The molecule has 8 heteroatoms. The quantitative estimate of drug-likeness (QED) is 0.682. The molecule has 0 amide bonds. The Morgan fingerprint density at radius 1 is 1.11 bits per heavy atom. The molecule has 1 aromatic heterocycles. The van der Waals surface area contributed by atoms with Crippen molar-refractivity contribution < 1.29 is 13.2 Å². The Morgan fingerprint density at radius 3 is 2.26 bits per heavy atom. The van der Waals surface area contributed by atoms with E-state index in [4.69, 9.17) is 0 Å². The monoisotopic (exact) mass is 380 g/mol. The molecule has 0 spiro atoms. The van der Waals surface area contributed by atoms with E-state index in [0.29, 0.717) is 28.3 Å². The minimum absolute atomic E-state index is 0.0281. The maximum absolute atomic E-state index is 11.5. The number of Topliss-reactive ketones (excluding diaryl/α,β-unsaturated/α-hetero) is 1. The van der Waals surface area contributed by atoms with E-state index in [1.54, 1.807) is 42.6 Å². The predicted molar refractivity (Wildman–Crippen MR) is 101 cm³/mol. The number of carbonyl (C=O) groups excluding carboxylic acids is 1. The highest BCUT2D eigenvalue weighted by molar-refractivity contribution is 7.90. The molecule has 1 N–H and O–H groups in total. The van der Waals surface area contributed by atoms with Crippen LogP contribution in [-0.2, 0) is 9.84 Å². The number of carbonyl (C=O) groups is 1. The molecule has 0 saturated heterocycles. The van der Waals surface area contributed by atoms with Gasteiger partial charge in [0.25, 0.3) is 0 Å². The normalized spacial score (nSPS) is 11.0. The lowest BCUT2D eigenvalue weighted by atomic mass is 10.1. The van der Waals surface area contributed by atoms with Crippen LogP contribution in [0, 0.1) is 11.3 Å². The zero-order valence-corrected chi connectivity index (χ0v) is 15.5. The van der Waals surface area contributed by atoms with E-state index in [2.05, 4.69) is 16.5 Å². The van der Waals surface area contributed by atoms with Crippen LogP contribution in [0.1, 0.15) is 22.8 Å². The van der Waals surface area contributed by atoms with Gasteiger partial charge in [-0.1, -0.05) is 0 Å². The summed E-state index contributed by atoms with van der Waals surface area (Å²) in [5.41, 5.74) is 2.24. The first-order valence-electron chi connectivity index (χ1n) is 7.96. The molecular weight excluding hydrogens is 364 g/mol. The average molecular weight is 380 g/mol. The van der Waals surface area contributed by atoms with Gasteiger partial charge in [0.05, 0.1) is 16.8 Å². The van der Waals surface area contributed by atoms with Crippen LogP contribution in [0.25, 0.3) is 5.69 Å². The molecule has 0 radical (unpaired) electrons. The Balaban J connectivity index is 1.89. The number of hydrogen-bond donors (Lipinski definition) is 1. The molecular formula is C19H16N4O3S. The standard InChI is InChI=1S/C19H16N4O3S/c1-13(24)14-3-7-17(8-4-14)23-12-15(11-20)19(22-23)21-16-5-9-18(10-6-16)27(2,25)26/h3-10,12H,1-2H3,(H,21,22). The van der Waals surface area contributed by atoms with Crippen molar-refractivity contribution in [1.29, 1.82) is 5.26 Å². The molecule has 3 rings (SSSR count). The third-order valence-corrected chi connectivity index (χ3v) is 5.05. The van der Waals surface area contributed by atoms with E-state index in [1.165, 1.54) is 23.7 Å². The van der Waals surface area contributed by atoms with Crippen molar-refractivity contribution in [1.82, 2.24) is 9.78 Å². The first-order chi connectivity index (χ1) is 12.8. The molecule has 0 aliphatic carbocycles. The van der Waals surface area contributed by atoms with Crippen molar-refractivity contribution in [2.45, 2.75) is 11.8 Å². The Bertz CT molecular complexity index is 1140. The van der Waals surface area contributed by atoms with Crippen LogP contribution in [0.5, 0.6) is 0 Å². The number of benzene rings is 2. The van der Waals surface area contributed by atoms with Crippen LogP contribution in [-0.4, -0.2) is 30.2 Å². The second kappa shape index (κ2) is 7.05. The molecule has 2 aromatic carbocycles. The Hall–Kier alpha value is -3.44. The fourth-order valence-electron chi connectivity index (χ4n) is 2.45. The highest BCUT2D eigenvalue weighted by atomic mass is 32.2. The number of rotatable bonds is 5. The summed E-state index contributed by atoms with van der Waals surface area (Å²) in [5, 5.41) is 16.7. The SMILES string of the molecule is CC(=O)c1ccc(-n2cc(C#N)c(Nc3ccc(S(C)(=O)=O)cc3)n2)cc1. The number of aromatic nitrogens is 2. The summed E-state index contributed by atoms with van der Waals surface area (Å²) < 4.78 is 24.6. The summed E-state index contributed by atoms with van der Waals surface area (Å²) in [6.07, 6.45) is 2.72. The van der Waals surface area contributed by atoms with Gasteiger partial charge in [0.15, 0.2) is 21.4 Å². The van der Waals surface area contributed by atoms with Crippen molar-refractivity contribution in [2.24, 2.45) is 0 Å². The number of nitriles is 1. The fourth-order valence-corrected chi connectivity index (χ4v) is 3.08. The smallest absolute Gasteiger partial charge is 0.175 e. The molecule has 0 aliphatic rings. The van der Waals surface area contributed by atoms with Crippen molar-refractivity contribution >= 4 is 27.1 Å². The van der Waals surface area contributed by atoms with Gasteiger partial charge in [-0.05, 0) is 55.5 Å². The molecule has 27 heavy (non-hydrogen) atoms. The zero-order valence-electron chi connectivity index (χ0n) is 14.7. The van der Waals surface area contributed by atoms with Crippen LogP contribution in [0.2, 0.25) is 0 Å². The molecule has 0 aliphatic heterocycles. The van der Waals surface area contributed by atoms with E-state index in [0.717, 1.165) is 6.26 Å². The lowest BCUT2D eigenvalue weighted by Crippen LogP contribution is -1.99. The fraction of sp³-hybridized carbons (Fsp3) is 0.105. The number of anilines is 2. The minimum atomic E-state index is -3.27. The number of ketones is 1. The second-order valence-electron chi connectivity index (χ2n) is 5.97. The third kappa shape index (κ3) is 4.04. The Morgan fingerprint density at radius 2 is 1.74 bits per heavy atom. The van der Waals surface area contributed by atoms with Gasteiger partial charge in [-0.3, -0.25) is 4.79 Å². The molecule has 1 heterocycles. The van der Waals surface area contributed by atoms with Gasteiger partial charge in [-0.15, -0.1) is 5.10 Å². The van der Waals surface area contributed by atoms with Gasteiger partial charge in [-0.2, -0.15) is 5.26 Å². The number of nitrogens with one attached hydrogen (secondary N) is 1. The van der Waals surface area contributed by atoms with Crippen molar-refractivity contribution in [3.63, 3.8) is 0 Å². The van der Waals surface area contributed by atoms with Crippen LogP contribution in [0.4, 0.5) is 11.5 Å². The zero-order chi connectivity index (χ0) is 19.6. The lowest BCUT2D eigenvalue weighted by molar-refractivity contribution is 0.101. The van der Waals surface area contributed by atoms with Crippen molar-refractivity contribution in [3.8, 4) is 11.8 Å². The maximum atomic E-state index is 11.5. The summed E-state index contributed by atoms with van der Waals surface area (Å²) in [5.74, 6) is 0.319. The van der Waals surface area contributed by atoms with E-state index >= 15 is 0 Å². The third-order valence-electron chi connectivity index (χ3n) is 3.92. The van der Waals surface area contributed by atoms with Crippen LogP contribution < -0.4 is 5.32 Å². The summed E-state index contributed by atoms with van der Waals surface area (Å²) >= 11 is 0. The Labute approximate surface area is 156 Å². The average Bonchev–Trinajstić information content (AvgIpc) is 3.04. The van der Waals surface area contributed by atoms with Gasteiger partial charge < -0.3 is 5.32 Å². The summed E-state index contributed by atoms with van der Waals surface area (Å²) in [7, 11) is -3.27. The molecule has 3 aromatic rings. The first kappa shape index (κ1) is 18.4. The molecule has 7 nitrogen and oxygen atoms in total.